The highest BCUT2D eigenvalue weighted by Crippen LogP contribution is 2.51. The van der Waals surface area contributed by atoms with Crippen LogP contribution in [-0.4, -0.2) is 146 Å². The zero-order valence-electron chi connectivity index (χ0n) is 39.8. The largest absolute Gasteiger partial charge is 0.800 e. The van der Waals surface area contributed by atoms with Gasteiger partial charge in [0.25, 0.3) is 0 Å². The Morgan fingerprint density at radius 3 is 1.45 bits per heavy atom. The molecular formula is C47H78N4O13PS-. The molecule has 0 aliphatic carbocycles. The number of unbranched alkanes of at least 4 members (excludes halogenated alkanes) is 3. The van der Waals surface area contributed by atoms with Crippen molar-refractivity contribution in [3.05, 3.63) is 0 Å². The van der Waals surface area contributed by atoms with Crippen LogP contribution in [-0.2, 0) is 68.7 Å². The molecule has 4 amide bonds. The molecule has 0 radical (unpaired) electrons. The topological polar surface area (TPSA) is 221 Å². The van der Waals surface area contributed by atoms with E-state index < -0.39 is 17.2 Å². The number of ether oxygens (including phenoxy) is 6. The molecule has 0 spiro atoms. The van der Waals surface area contributed by atoms with Crippen LogP contribution in [0.3, 0.4) is 0 Å². The van der Waals surface area contributed by atoms with E-state index in [1.807, 2.05) is 0 Å². The molecule has 0 aromatic rings. The lowest BCUT2D eigenvalue weighted by molar-refractivity contribution is -0.187. The van der Waals surface area contributed by atoms with Crippen LogP contribution in [0, 0.1) is 37.0 Å². The van der Waals surface area contributed by atoms with Gasteiger partial charge in [0.2, 0.25) is 23.6 Å². The Hall–Kier alpha value is -3.44. The van der Waals surface area contributed by atoms with Gasteiger partial charge in [-0.1, -0.05) is 63.2 Å². The molecule has 0 bridgehead atoms. The smallest absolute Gasteiger partial charge is 0.220 e. The van der Waals surface area contributed by atoms with Gasteiger partial charge in [-0.2, -0.15) is 0 Å². The normalized spacial score (nSPS) is 12.3. The highest BCUT2D eigenvalue weighted by molar-refractivity contribution is 8.09. The van der Waals surface area contributed by atoms with E-state index in [9.17, 15) is 28.9 Å². The molecule has 0 rings (SSSR count). The number of carbonyl (C=O) groups excluding carboxylic acids is 5. The zero-order valence-corrected chi connectivity index (χ0v) is 41.5. The number of hydrogen-bond donors (Lipinski definition) is 4. The van der Waals surface area contributed by atoms with E-state index in [-0.39, 0.29) is 140 Å². The van der Waals surface area contributed by atoms with Gasteiger partial charge in [-0.3, -0.25) is 24.0 Å². The summed E-state index contributed by atoms with van der Waals surface area (Å²) in [6.45, 7) is 6.88. The van der Waals surface area contributed by atoms with Gasteiger partial charge in [0, 0.05) is 75.5 Å². The first kappa shape index (κ1) is 62.6. The van der Waals surface area contributed by atoms with Crippen molar-refractivity contribution in [2.45, 2.75) is 128 Å². The maximum atomic E-state index is 13.6. The first-order chi connectivity index (χ1) is 31.6. The summed E-state index contributed by atoms with van der Waals surface area (Å²) in [4.78, 5) is 78.1. The third-order valence-electron chi connectivity index (χ3n) is 9.79. The van der Waals surface area contributed by atoms with Crippen molar-refractivity contribution in [3.63, 3.8) is 0 Å². The summed E-state index contributed by atoms with van der Waals surface area (Å²) in [6, 6.07) is 0. The Morgan fingerprint density at radius 1 is 0.500 bits per heavy atom. The lowest BCUT2D eigenvalue weighted by atomic mass is 9.82. The first-order valence-corrected chi connectivity index (χ1v) is 25.6. The van der Waals surface area contributed by atoms with E-state index in [1.54, 1.807) is 20.8 Å². The molecule has 0 aromatic heterocycles. The third kappa shape index (κ3) is 36.7. The van der Waals surface area contributed by atoms with E-state index in [0.717, 1.165) is 19.3 Å². The molecule has 0 saturated carbocycles. The zero-order chi connectivity index (χ0) is 49.2. The summed E-state index contributed by atoms with van der Waals surface area (Å²) in [5.41, 5.74) is -1.11. The standard InChI is InChI=1S/C47H79N4O13PS/c1-7-28-58-35-38-61-31-15-16-41(52)19-22-47(23-20-43(54)49-26-33-62-39-36-59-29-8-2,24-21-44(55)50-27-34-63-40-37-60-30-9-3)51-45(56)18-14-17-42(53)48-25-12-10-11-13-32-64-65(57,66)46(4,5)6/h1-3H,10-40H2,4-6H3,(H,48,53)(H,49,54)(H,50,55)(H,51,56)(H,57,66)/p-1. The molecule has 0 fully saturated rings. The molecule has 4 N–H and O–H groups in total. The Balaban J connectivity index is 5.54. The monoisotopic (exact) mass is 970 g/mol. The van der Waals surface area contributed by atoms with Gasteiger partial charge < -0.3 is 59.1 Å². The van der Waals surface area contributed by atoms with E-state index in [2.05, 4.69) is 39.0 Å². The van der Waals surface area contributed by atoms with Gasteiger partial charge in [-0.15, -0.1) is 19.3 Å². The van der Waals surface area contributed by atoms with Crippen LogP contribution in [0.5, 0.6) is 0 Å². The summed E-state index contributed by atoms with van der Waals surface area (Å²) in [6.07, 6.45) is 20.3. The molecule has 17 nitrogen and oxygen atoms in total. The van der Waals surface area contributed by atoms with E-state index >= 15 is 0 Å². The Bertz CT molecular complexity index is 1430. The van der Waals surface area contributed by atoms with Crippen molar-refractivity contribution >= 4 is 47.7 Å². The van der Waals surface area contributed by atoms with E-state index in [0.29, 0.717) is 72.2 Å². The maximum absolute atomic E-state index is 13.6. The third-order valence-corrected chi connectivity index (χ3v) is 13.9. The van der Waals surface area contributed by atoms with Crippen molar-refractivity contribution in [2.24, 2.45) is 0 Å². The fraction of sp³-hybridized carbons (Fsp3) is 0.766. The highest BCUT2D eigenvalue weighted by atomic mass is 32.5. The summed E-state index contributed by atoms with van der Waals surface area (Å²) >= 11 is 5.15. The second kappa shape index (κ2) is 40.6. The van der Waals surface area contributed by atoms with Crippen LogP contribution < -0.4 is 26.2 Å². The molecular weight excluding hydrogens is 892 g/mol. The maximum Gasteiger partial charge on any atom is 0.220 e. The predicted octanol–water partition coefficient (Wildman–Crippen LogP) is 3.09. The molecule has 0 aliphatic rings. The van der Waals surface area contributed by atoms with E-state index in [4.69, 9.17) is 64.0 Å². The number of rotatable bonds is 44. The van der Waals surface area contributed by atoms with Crippen molar-refractivity contribution in [1.29, 1.82) is 0 Å². The van der Waals surface area contributed by atoms with Crippen LogP contribution in [0.4, 0.5) is 0 Å². The van der Waals surface area contributed by atoms with Gasteiger partial charge >= 0.3 is 0 Å². The Morgan fingerprint density at radius 2 is 0.939 bits per heavy atom. The minimum Gasteiger partial charge on any atom is -0.800 e. The fourth-order valence-corrected chi connectivity index (χ4v) is 6.92. The van der Waals surface area contributed by atoms with Gasteiger partial charge in [0.1, 0.15) is 25.6 Å². The second-order valence-electron chi connectivity index (χ2n) is 16.4. The SMILES string of the molecule is C#CCOCCOCCCC(=O)CCC(CCC(=O)NCCOCCOCC#C)(CCC(=O)NCCOCCOCC#C)NC(=O)CCCC(=O)NCCCCCCOP([O-])(=S)C(C)(C)C. The predicted molar refractivity (Wildman–Crippen MR) is 256 cm³/mol. The van der Waals surface area contributed by atoms with Crippen LogP contribution >= 0.6 is 6.49 Å². The van der Waals surface area contributed by atoms with Crippen LogP contribution in [0.1, 0.15) is 117 Å². The molecule has 0 aliphatic heterocycles. The Kier molecular flexibility index (Phi) is 38.5. The molecule has 1 unspecified atom stereocenters. The Labute approximate surface area is 399 Å². The molecule has 1 atom stereocenters. The van der Waals surface area contributed by atoms with Crippen LogP contribution in [0.25, 0.3) is 0 Å². The quantitative estimate of drug-likeness (QED) is 0.0392. The number of ketones is 1. The second-order valence-corrected chi connectivity index (χ2v) is 20.4. The number of hydrogen-bond acceptors (Lipinski definition) is 14. The molecule has 0 aromatic carbocycles. The van der Waals surface area contributed by atoms with Crippen LogP contribution in [0.2, 0.25) is 0 Å². The number of nitrogens with one attached hydrogen (secondary N) is 4. The number of amides is 4. The van der Waals surface area contributed by atoms with Crippen molar-refractivity contribution in [1.82, 2.24) is 21.3 Å². The minimum absolute atomic E-state index is 0.00630. The summed E-state index contributed by atoms with van der Waals surface area (Å²) in [7, 11) is 0. The number of terminal acetylenes is 3. The molecule has 0 heterocycles. The van der Waals surface area contributed by atoms with Gasteiger partial charge in [-0.25, -0.2) is 0 Å². The van der Waals surface area contributed by atoms with Gasteiger partial charge in [0.15, 0.2) is 0 Å². The fourth-order valence-electron chi connectivity index (χ4n) is 5.94. The van der Waals surface area contributed by atoms with Crippen molar-refractivity contribution in [3.8, 4) is 37.0 Å². The average Bonchev–Trinajstić information content (AvgIpc) is 3.27. The van der Waals surface area contributed by atoms with Gasteiger partial charge in [-0.05, 0) is 51.4 Å². The van der Waals surface area contributed by atoms with Gasteiger partial charge in [0.05, 0.1) is 59.5 Å². The molecule has 19 heteroatoms. The minimum atomic E-state index is -3.11. The number of carbonyl (C=O) groups is 5. The summed E-state index contributed by atoms with van der Waals surface area (Å²) < 4.78 is 37.5. The first-order valence-electron chi connectivity index (χ1n) is 23.0. The summed E-state index contributed by atoms with van der Waals surface area (Å²) in [5.74, 6) is 5.92. The van der Waals surface area contributed by atoms with Crippen LogP contribution in [0.15, 0.2) is 0 Å². The van der Waals surface area contributed by atoms with E-state index in [1.165, 1.54) is 0 Å². The summed E-state index contributed by atoms with van der Waals surface area (Å²) in [5, 5.41) is 11.0. The molecule has 66 heavy (non-hydrogen) atoms. The van der Waals surface area contributed by atoms with Crippen molar-refractivity contribution in [2.75, 3.05) is 106 Å². The lowest BCUT2D eigenvalue weighted by Gasteiger charge is -2.40. The average molecular weight is 970 g/mol. The molecule has 0 saturated heterocycles. The lowest BCUT2D eigenvalue weighted by Crippen LogP contribution is -2.50. The highest BCUT2D eigenvalue weighted by Gasteiger charge is 2.33. The molecule has 376 valence electrons. The number of Topliss-reactive ketones (excluding diaryl/α,β-unsaturated/α-hetero) is 1. The van der Waals surface area contributed by atoms with Crippen molar-refractivity contribution < 1.29 is 61.8 Å².